The third-order valence-corrected chi connectivity index (χ3v) is 3.94. The summed E-state index contributed by atoms with van der Waals surface area (Å²) in [5, 5.41) is 1.47. The highest BCUT2D eigenvalue weighted by atomic mass is 31.1. The van der Waals surface area contributed by atoms with Gasteiger partial charge in [-0.3, -0.25) is 4.68 Å². The fourth-order valence-electron chi connectivity index (χ4n) is 1.57. The number of nitrogens with zero attached hydrogens (tertiary/aromatic N) is 2. The van der Waals surface area contributed by atoms with Crippen LogP contribution in [0.2, 0.25) is 0 Å². The normalized spacial score (nSPS) is 24.3. The van der Waals surface area contributed by atoms with E-state index in [1.54, 1.807) is 0 Å². The molecule has 1 heterocycles. The van der Waals surface area contributed by atoms with Crippen molar-refractivity contribution in [2.24, 2.45) is 0 Å². The molecule has 1 unspecified atom stereocenters. The molecule has 0 saturated heterocycles. The molecule has 0 aromatic heterocycles. The van der Waals surface area contributed by atoms with Crippen LogP contribution in [0.4, 0.5) is 0 Å². The van der Waals surface area contributed by atoms with Crippen molar-refractivity contribution in [2.75, 3.05) is 13.7 Å². The topological polar surface area (TPSA) is 17.1 Å². The Bertz CT molecular complexity index is 290. The van der Waals surface area contributed by atoms with E-state index in [-0.39, 0.29) is 7.92 Å². The van der Waals surface area contributed by atoms with Crippen molar-refractivity contribution in [3.63, 3.8) is 0 Å². The third kappa shape index (κ3) is 2.45. The molecule has 78 valence electrons. The van der Waals surface area contributed by atoms with Crippen molar-refractivity contribution in [3.8, 4) is 0 Å². The highest BCUT2D eigenvalue weighted by Crippen LogP contribution is 2.48. The van der Waals surface area contributed by atoms with Crippen LogP contribution in [0.15, 0.2) is 23.2 Å². The Morgan fingerprint density at radius 3 is 2.64 bits per heavy atom. The Balaban J connectivity index is 0.000000461. The second-order valence-electron chi connectivity index (χ2n) is 3.16. The van der Waals surface area contributed by atoms with E-state index in [2.05, 4.69) is 30.2 Å². The highest BCUT2D eigenvalue weighted by Gasteiger charge is 2.16. The molecular formula is C11H19N2P. The van der Waals surface area contributed by atoms with Crippen molar-refractivity contribution in [1.82, 2.24) is 0 Å². The van der Waals surface area contributed by atoms with E-state index in [4.69, 9.17) is 0 Å². The summed E-state index contributed by atoms with van der Waals surface area (Å²) in [6.45, 7) is 6.28. The van der Waals surface area contributed by atoms with Crippen LogP contribution in [0.3, 0.4) is 0 Å². The standard InChI is InChI=1S/C9H13N2P.C2H6/c1-11-7-12(2)9-6-4-3-5-8(9)10-11;1-2/h5-7H,3-4H2,1-2H3;1-2H3. The first-order chi connectivity index (χ1) is 6.77. The summed E-state index contributed by atoms with van der Waals surface area (Å²) in [7, 11) is 1.92. The van der Waals surface area contributed by atoms with Crippen molar-refractivity contribution < 1.29 is 4.68 Å². The minimum absolute atomic E-state index is 0.0884. The van der Waals surface area contributed by atoms with E-state index in [1.165, 1.54) is 17.4 Å². The molecule has 0 bridgehead atoms. The Kier molecular flexibility index (Phi) is 4.34. The van der Waals surface area contributed by atoms with Gasteiger partial charge < -0.3 is 5.43 Å². The number of hydrogen-bond donors (Lipinski definition) is 0. The molecule has 14 heavy (non-hydrogen) atoms. The lowest BCUT2D eigenvalue weighted by atomic mass is 10.1. The van der Waals surface area contributed by atoms with Gasteiger partial charge in [-0.05, 0) is 24.8 Å². The summed E-state index contributed by atoms with van der Waals surface area (Å²) in [5.41, 5.74) is 5.65. The number of allylic oxidation sites excluding steroid dienone is 3. The third-order valence-electron chi connectivity index (χ3n) is 2.09. The van der Waals surface area contributed by atoms with Gasteiger partial charge >= 0.3 is 0 Å². The molecule has 2 nitrogen and oxygen atoms in total. The van der Waals surface area contributed by atoms with Gasteiger partial charge in [-0.25, -0.2) is 0 Å². The summed E-state index contributed by atoms with van der Waals surface area (Å²) >= 11 is 0. The zero-order chi connectivity index (χ0) is 10.6. The average Bonchev–Trinajstić information content (AvgIpc) is 2.20. The van der Waals surface area contributed by atoms with Gasteiger partial charge in [0.2, 0.25) is 0 Å². The molecule has 0 radical (unpaired) electrons. The molecule has 0 fully saturated rings. The molecule has 1 aliphatic heterocycles. The summed E-state index contributed by atoms with van der Waals surface area (Å²) in [6.07, 6.45) is 6.93. The smallest absolute Gasteiger partial charge is 0.160 e. The lowest BCUT2D eigenvalue weighted by Crippen LogP contribution is -2.10. The fourth-order valence-corrected chi connectivity index (χ4v) is 3.17. The van der Waals surface area contributed by atoms with Crippen molar-refractivity contribution >= 4 is 13.9 Å². The lowest BCUT2D eigenvalue weighted by molar-refractivity contribution is -0.433. The summed E-state index contributed by atoms with van der Waals surface area (Å²) < 4.78 is 1.94. The second kappa shape index (κ2) is 5.31. The van der Waals surface area contributed by atoms with Crippen molar-refractivity contribution in [3.05, 3.63) is 28.6 Å². The van der Waals surface area contributed by atoms with Crippen LogP contribution in [0, 0.1) is 0 Å². The highest BCUT2D eigenvalue weighted by molar-refractivity contribution is 7.75. The first-order valence-corrected chi connectivity index (χ1v) is 7.06. The Hall–Kier alpha value is -0.620. The monoisotopic (exact) mass is 210 g/mol. The van der Waals surface area contributed by atoms with Gasteiger partial charge in [0, 0.05) is 7.92 Å². The van der Waals surface area contributed by atoms with Gasteiger partial charge in [0.25, 0.3) is 0 Å². The minimum Gasteiger partial charge on any atom is -0.410 e. The Labute approximate surface area is 88.1 Å². The molecule has 0 N–H and O–H groups in total. The second-order valence-corrected chi connectivity index (χ2v) is 5.09. The maximum atomic E-state index is 4.44. The zero-order valence-corrected chi connectivity index (χ0v) is 10.4. The number of rotatable bonds is 0. The molecule has 0 aromatic carbocycles. The van der Waals surface area contributed by atoms with Crippen LogP contribution in [0.1, 0.15) is 26.7 Å². The van der Waals surface area contributed by atoms with Crippen LogP contribution in [0.5, 0.6) is 0 Å². The van der Waals surface area contributed by atoms with E-state index in [1.807, 2.05) is 25.6 Å². The maximum absolute atomic E-state index is 4.44. The molecule has 2 aliphatic rings. The van der Waals surface area contributed by atoms with E-state index < -0.39 is 0 Å². The maximum Gasteiger partial charge on any atom is 0.160 e. The van der Waals surface area contributed by atoms with E-state index in [0.29, 0.717) is 0 Å². The SMILES string of the molecule is CC.C[N+]1=CP(C)C2=CCCC=C2[N-]1. The molecule has 0 aromatic rings. The minimum atomic E-state index is -0.0884. The Morgan fingerprint density at radius 2 is 1.93 bits per heavy atom. The molecule has 0 saturated carbocycles. The van der Waals surface area contributed by atoms with E-state index in [0.717, 1.165) is 6.42 Å². The molecule has 1 atom stereocenters. The van der Waals surface area contributed by atoms with Gasteiger partial charge in [-0.2, -0.15) is 0 Å². The van der Waals surface area contributed by atoms with Gasteiger partial charge in [-0.1, -0.05) is 31.7 Å². The molecule has 2 rings (SSSR count). The van der Waals surface area contributed by atoms with E-state index >= 15 is 0 Å². The van der Waals surface area contributed by atoms with Crippen molar-refractivity contribution in [2.45, 2.75) is 26.7 Å². The summed E-state index contributed by atoms with van der Waals surface area (Å²) in [6, 6.07) is 0. The van der Waals surface area contributed by atoms with Gasteiger partial charge in [-0.15, -0.1) is 0 Å². The molecular weight excluding hydrogens is 191 g/mol. The summed E-state index contributed by atoms with van der Waals surface area (Å²) in [4.78, 5) is 0. The molecule has 0 amide bonds. The lowest BCUT2D eigenvalue weighted by Gasteiger charge is -2.31. The largest absolute Gasteiger partial charge is 0.410 e. The molecule has 3 heteroatoms. The molecule has 0 spiro atoms. The van der Waals surface area contributed by atoms with Crippen molar-refractivity contribution in [1.29, 1.82) is 0 Å². The van der Waals surface area contributed by atoms with Gasteiger partial charge in [0.1, 0.15) is 7.05 Å². The van der Waals surface area contributed by atoms with Gasteiger partial charge in [0.05, 0.1) is 0 Å². The van der Waals surface area contributed by atoms with Crippen LogP contribution in [0.25, 0.3) is 5.43 Å². The fraction of sp³-hybridized carbons (Fsp3) is 0.545. The molecule has 1 aliphatic carbocycles. The first-order valence-electron chi connectivity index (χ1n) is 5.20. The van der Waals surface area contributed by atoms with Gasteiger partial charge in [0.15, 0.2) is 5.96 Å². The number of hydrogen-bond acceptors (Lipinski definition) is 0. The van der Waals surface area contributed by atoms with Crippen LogP contribution < -0.4 is 0 Å². The van der Waals surface area contributed by atoms with Crippen LogP contribution in [-0.4, -0.2) is 24.4 Å². The quantitative estimate of drug-likeness (QED) is 0.429. The van der Waals surface area contributed by atoms with Crippen LogP contribution in [-0.2, 0) is 0 Å². The van der Waals surface area contributed by atoms with E-state index in [9.17, 15) is 0 Å². The number of fused-ring (bicyclic) bond motifs is 1. The van der Waals surface area contributed by atoms with Crippen LogP contribution >= 0.6 is 7.92 Å². The average molecular weight is 210 g/mol. The zero-order valence-electron chi connectivity index (χ0n) is 9.49. The predicted molar refractivity (Wildman–Crippen MR) is 65.2 cm³/mol. The Morgan fingerprint density at radius 1 is 1.29 bits per heavy atom. The first kappa shape index (κ1) is 11.5. The predicted octanol–water partition coefficient (Wildman–Crippen LogP) is 3.66. The summed E-state index contributed by atoms with van der Waals surface area (Å²) in [5.74, 6) is 2.21.